The van der Waals surface area contributed by atoms with Crippen LogP contribution >= 0.6 is 0 Å². The molecule has 0 saturated carbocycles. The number of nitrogens with zero attached hydrogens (tertiary/aromatic N) is 2. The van der Waals surface area contributed by atoms with Gasteiger partial charge in [0, 0.05) is 24.0 Å². The van der Waals surface area contributed by atoms with E-state index in [-0.39, 0.29) is 10.6 Å². The Hall–Kier alpha value is -2.88. The molecule has 0 N–H and O–H groups in total. The van der Waals surface area contributed by atoms with Crippen molar-refractivity contribution in [3.63, 3.8) is 0 Å². The fourth-order valence-electron chi connectivity index (χ4n) is 2.18. The zero-order valence-corrected chi connectivity index (χ0v) is 10.6. The van der Waals surface area contributed by atoms with Crippen LogP contribution in [0.3, 0.4) is 0 Å². The number of rotatable bonds is 3. The summed E-state index contributed by atoms with van der Waals surface area (Å²) in [6, 6.07) is 20.5. The van der Waals surface area contributed by atoms with E-state index in [4.69, 9.17) is 0 Å². The van der Waals surface area contributed by atoms with E-state index in [1.54, 1.807) is 12.1 Å². The van der Waals surface area contributed by atoms with Crippen LogP contribution in [0, 0.1) is 10.1 Å². The third kappa shape index (κ3) is 2.19. The van der Waals surface area contributed by atoms with Crippen molar-refractivity contribution >= 4 is 5.69 Å². The Bertz CT molecular complexity index is 731. The van der Waals surface area contributed by atoms with Gasteiger partial charge in [-0.05, 0) is 42.0 Å². The standard InChI is InChI=1S/C16H12N2O2/c19-18(20)15-10-8-13(9-11-15)16-7-4-12-17(16)14-5-2-1-3-6-14/h1-12H. The number of non-ortho nitro benzene ring substituents is 1. The molecule has 0 unspecified atom stereocenters. The summed E-state index contributed by atoms with van der Waals surface area (Å²) < 4.78 is 2.06. The van der Waals surface area contributed by atoms with E-state index in [1.165, 1.54) is 12.1 Å². The lowest BCUT2D eigenvalue weighted by molar-refractivity contribution is -0.384. The van der Waals surface area contributed by atoms with Gasteiger partial charge in [-0.2, -0.15) is 0 Å². The number of nitro benzene ring substituents is 1. The van der Waals surface area contributed by atoms with Gasteiger partial charge in [0.15, 0.2) is 0 Å². The van der Waals surface area contributed by atoms with Gasteiger partial charge in [0.2, 0.25) is 0 Å². The lowest BCUT2D eigenvalue weighted by Crippen LogP contribution is -1.94. The van der Waals surface area contributed by atoms with Crippen LogP contribution < -0.4 is 0 Å². The molecule has 3 aromatic rings. The van der Waals surface area contributed by atoms with E-state index in [9.17, 15) is 10.1 Å². The Balaban J connectivity index is 2.04. The van der Waals surface area contributed by atoms with Crippen LogP contribution in [0.4, 0.5) is 5.69 Å². The number of para-hydroxylation sites is 1. The van der Waals surface area contributed by atoms with E-state index < -0.39 is 0 Å². The van der Waals surface area contributed by atoms with Crippen LogP contribution in [0.2, 0.25) is 0 Å². The summed E-state index contributed by atoms with van der Waals surface area (Å²) in [5, 5.41) is 10.7. The molecule has 0 aliphatic heterocycles. The van der Waals surface area contributed by atoms with Crippen molar-refractivity contribution in [3.8, 4) is 16.9 Å². The van der Waals surface area contributed by atoms with Crippen molar-refractivity contribution in [1.29, 1.82) is 0 Å². The average molecular weight is 264 g/mol. The molecule has 3 rings (SSSR count). The highest BCUT2D eigenvalue weighted by Crippen LogP contribution is 2.25. The SMILES string of the molecule is O=[N+]([O-])c1ccc(-c2cccn2-c2ccccc2)cc1. The average Bonchev–Trinajstić information content (AvgIpc) is 2.97. The Labute approximate surface area is 116 Å². The van der Waals surface area contributed by atoms with E-state index in [0.29, 0.717) is 0 Å². The molecule has 0 spiro atoms. The third-order valence-electron chi connectivity index (χ3n) is 3.16. The largest absolute Gasteiger partial charge is 0.317 e. The summed E-state index contributed by atoms with van der Waals surface area (Å²) in [7, 11) is 0. The summed E-state index contributed by atoms with van der Waals surface area (Å²) >= 11 is 0. The lowest BCUT2D eigenvalue weighted by Gasteiger charge is -2.09. The molecule has 0 atom stereocenters. The van der Waals surface area contributed by atoms with Gasteiger partial charge in [-0.3, -0.25) is 10.1 Å². The number of hydrogen-bond acceptors (Lipinski definition) is 2. The predicted octanol–water partition coefficient (Wildman–Crippen LogP) is 4.05. The van der Waals surface area contributed by atoms with E-state index in [2.05, 4.69) is 4.57 Å². The van der Waals surface area contributed by atoms with Gasteiger partial charge in [-0.1, -0.05) is 18.2 Å². The molecule has 4 heteroatoms. The minimum Gasteiger partial charge on any atom is -0.317 e. The van der Waals surface area contributed by atoms with Crippen LogP contribution in [-0.4, -0.2) is 9.49 Å². The van der Waals surface area contributed by atoms with Crippen molar-refractivity contribution in [1.82, 2.24) is 4.57 Å². The minimum atomic E-state index is -0.389. The van der Waals surface area contributed by atoms with E-state index in [1.807, 2.05) is 48.7 Å². The highest BCUT2D eigenvalue weighted by molar-refractivity contribution is 5.64. The van der Waals surface area contributed by atoms with Crippen molar-refractivity contribution in [2.45, 2.75) is 0 Å². The van der Waals surface area contributed by atoms with Gasteiger partial charge >= 0.3 is 0 Å². The Kier molecular flexibility index (Phi) is 3.05. The normalized spacial score (nSPS) is 10.4. The van der Waals surface area contributed by atoms with Gasteiger partial charge < -0.3 is 4.57 Å². The van der Waals surface area contributed by atoms with Gasteiger partial charge in [-0.15, -0.1) is 0 Å². The first kappa shape index (κ1) is 12.2. The zero-order chi connectivity index (χ0) is 13.9. The summed E-state index contributed by atoms with van der Waals surface area (Å²) in [5.41, 5.74) is 3.12. The van der Waals surface area contributed by atoms with Crippen LogP contribution in [0.15, 0.2) is 72.9 Å². The first-order chi connectivity index (χ1) is 9.75. The molecule has 20 heavy (non-hydrogen) atoms. The van der Waals surface area contributed by atoms with Gasteiger partial charge in [0.05, 0.1) is 10.6 Å². The zero-order valence-electron chi connectivity index (χ0n) is 10.6. The Morgan fingerprint density at radius 2 is 1.55 bits per heavy atom. The second kappa shape index (κ2) is 5.01. The molecule has 0 amide bonds. The van der Waals surface area contributed by atoms with E-state index >= 15 is 0 Å². The lowest BCUT2D eigenvalue weighted by atomic mass is 10.1. The number of hydrogen-bond donors (Lipinski definition) is 0. The van der Waals surface area contributed by atoms with Gasteiger partial charge in [-0.25, -0.2) is 0 Å². The predicted molar refractivity (Wildman–Crippen MR) is 77.9 cm³/mol. The van der Waals surface area contributed by atoms with Crippen LogP contribution in [-0.2, 0) is 0 Å². The minimum absolute atomic E-state index is 0.103. The highest BCUT2D eigenvalue weighted by Gasteiger charge is 2.08. The van der Waals surface area contributed by atoms with Gasteiger partial charge in [0.1, 0.15) is 0 Å². The molecule has 0 fully saturated rings. The first-order valence-corrected chi connectivity index (χ1v) is 6.23. The summed E-state index contributed by atoms with van der Waals surface area (Å²) in [5.74, 6) is 0. The Morgan fingerprint density at radius 3 is 2.20 bits per heavy atom. The maximum Gasteiger partial charge on any atom is 0.269 e. The monoisotopic (exact) mass is 264 g/mol. The van der Waals surface area contributed by atoms with E-state index in [0.717, 1.165) is 16.9 Å². The van der Waals surface area contributed by atoms with Crippen LogP contribution in [0.5, 0.6) is 0 Å². The molecule has 2 aromatic carbocycles. The fraction of sp³-hybridized carbons (Fsp3) is 0. The topological polar surface area (TPSA) is 48.1 Å². The smallest absolute Gasteiger partial charge is 0.269 e. The molecular weight excluding hydrogens is 252 g/mol. The molecule has 0 aliphatic rings. The molecule has 98 valence electrons. The van der Waals surface area contributed by atoms with Crippen molar-refractivity contribution in [2.75, 3.05) is 0 Å². The number of benzene rings is 2. The Morgan fingerprint density at radius 1 is 0.850 bits per heavy atom. The van der Waals surface area contributed by atoms with Crippen molar-refractivity contribution in [3.05, 3.63) is 83.0 Å². The fourth-order valence-corrected chi connectivity index (χ4v) is 2.18. The van der Waals surface area contributed by atoms with Crippen LogP contribution in [0.1, 0.15) is 0 Å². The third-order valence-corrected chi connectivity index (χ3v) is 3.16. The van der Waals surface area contributed by atoms with Gasteiger partial charge in [0.25, 0.3) is 5.69 Å². The molecule has 0 aliphatic carbocycles. The highest BCUT2D eigenvalue weighted by atomic mass is 16.6. The number of nitro groups is 1. The molecule has 0 saturated heterocycles. The van der Waals surface area contributed by atoms with Crippen LogP contribution in [0.25, 0.3) is 16.9 Å². The molecule has 0 radical (unpaired) electrons. The second-order valence-electron chi connectivity index (χ2n) is 4.40. The second-order valence-corrected chi connectivity index (χ2v) is 4.40. The maximum absolute atomic E-state index is 10.7. The molecular formula is C16H12N2O2. The van der Waals surface area contributed by atoms with Crippen molar-refractivity contribution in [2.24, 2.45) is 0 Å². The first-order valence-electron chi connectivity index (χ1n) is 6.23. The summed E-state index contributed by atoms with van der Waals surface area (Å²) in [6.45, 7) is 0. The molecule has 1 heterocycles. The quantitative estimate of drug-likeness (QED) is 0.529. The maximum atomic E-state index is 10.7. The number of aromatic nitrogens is 1. The molecule has 4 nitrogen and oxygen atoms in total. The summed E-state index contributed by atoms with van der Waals surface area (Å²) in [6.07, 6.45) is 1.98. The molecule has 0 bridgehead atoms. The van der Waals surface area contributed by atoms with Crippen molar-refractivity contribution < 1.29 is 4.92 Å². The summed E-state index contributed by atoms with van der Waals surface area (Å²) in [4.78, 5) is 10.3. The molecule has 1 aromatic heterocycles.